The molecule has 1 aromatic carbocycles. The van der Waals surface area contributed by atoms with Gasteiger partial charge in [-0.1, -0.05) is 26.0 Å². The lowest BCUT2D eigenvalue weighted by molar-refractivity contribution is 0.245. The van der Waals surface area contributed by atoms with Crippen molar-refractivity contribution in [3.63, 3.8) is 0 Å². The van der Waals surface area contributed by atoms with Crippen molar-refractivity contribution in [2.24, 2.45) is 11.7 Å². The number of piperidine rings is 1. The first kappa shape index (κ1) is 14.4. The van der Waals surface area contributed by atoms with E-state index in [1.807, 2.05) is 0 Å². The molecule has 1 fully saturated rings. The zero-order chi connectivity index (χ0) is 14.0. The summed E-state index contributed by atoms with van der Waals surface area (Å²) in [7, 11) is 0. The fraction of sp³-hybridized carbons (Fsp3) is 0.647. The van der Waals surface area contributed by atoms with Crippen molar-refractivity contribution in [2.45, 2.75) is 52.0 Å². The second kappa shape index (κ2) is 5.54. The first-order chi connectivity index (χ1) is 8.96. The maximum Gasteiger partial charge on any atom is 0.0386 e. The minimum atomic E-state index is 0.159. The summed E-state index contributed by atoms with van der Waals surface area (Å²) in [6, 6.07) is 9.08. The summed E-state index contributed by atoms with van der Waals surface area (Å²) < 4.78 is 0. The summed E-state index contributed by atoms with van der Waals surface area (Å²) in [6.07, 6.45) is 2.50. The van der Waals surface area contributed by atoms with E-state index in [-0.39, 0.29) is 5.54 Å². The van der Waals surface area contributed by atoms with Crippen LogP contribution in [0.2, 0.25) is 0 Å². The Hall–Kier alpha value is -1.02. The second-order valence-corrected chi connectivity index (χ2v) is 6.63. The predicted molar refractivity (Wildman–Crippen MR) is 83.7 cm³/mol. The lowest BCUT2D eigenvalue weighted by Crippen LogP contribution is -2.55. The maximum atomic E-state index is 5.96. The lowest BCUT2D eigenvalue weighted by Gasteiger charge is -2.49. The fourth-order valence-corrected chi connectivity index (χ4v) is 3.26. The molecule has 1 aromatic rings. The SMILES string of the molecule is CC(C)c1ccc(N2CCCC(CN)C2(C)C)cc1. The van der Waals surface area contributed by atoms with E-state index in [9.17, 15) is 0 Å². The van der Waals surface area contributed by atoms with Crippen LogP contribution in [0.15, 0.2) is 24.3 Å². The van der Waals surface area contributed by atoms with Gasteiger partial charge in [-0.2, -0.15) is 0 Å². The molecule has 0 aromatic heterocycles. The molecule has 19 heavy (non-hydrogen) atoms. The van der Waals surface area contributed by atoms with Crippen LogP contribution in [0.3, 0.4) is 0 Å². The van der Waals surface area contributed by atoms with Gasteiger partial charge in [0.2, 0.25) is 0 Å². The first-order valence-corrected chi connectivity index (χ1v) is 7.54. The number of benzene rings is 1. The number of anilines is 1. The quantitative estimate of drug-likeness (QED) is 0.896. The third-order valence-corrected chi connectivity index (χ3v) is 4.78. The Morgan fingerprint density at radius 1 is 1.26 bits per heavy atom. The largest absolute Gasteiger partial charge is 0.366 e. The minimum absolute atomic E-state index is 0.159. The van der Waals surface area contributed by atoms with E-state index < -0.39 is 0 Å². The Balaban J connectivity index is 2.24. The predicted octanol–water partition coefficient (Wildman–Crippen LogP) is 3.76. The molecular weight excluding hydrogens is 232 g/mol. The molecule has 0 spiro atoms. The molecule has 2 N–H and O–H groups in total. The van der Waals surface area contributed by atoms with Gasteiger partial charge < -0.3 is 10.6 Å². The van der Waals surface area contributed by atoms with Crippen LogP contribution in [-0.2, 0) is 0 Å². The Labute approximate surface area is 118 Å². The number of nitrogens with two attached hydrogens (primary N) is 1. The second-order valence-electron chi connectivity index (χ2n) is 6.63. The standard InChI is InChI=1S/C17H28N2/c1-13(2)14-7-9-16(10-8-14)19-11-5-6-15(12-18)17(19,3)4/h7-10,13,15H,5-6,11-12,18H2,1-4H3. The molecule has 0 bridgehead atoms. The minimum Gasteiger partial charge on any atom is -0.366 e. The number of rotatable bonds is 3. The summed E-state index contributed by atoms with van der Waals surface area (Å²) >= 11 is 0. The third-order valence-electron chi connectivity index (χ3n) is 4.78. The smallest absolute Gasteiger partial charge is 0.0386 e. The van der Waals surface area contributed by atoms with Crippen molar-refractivity contribution in [3.05, 3.63) is 29.8 Å². The zero-order valence-electron chi connectivity index (χ0n) is 12.8. The lowest BCUT2D eigenvalue weighted by atomic mass is 9.78. The van der Waals surface area contributed by atoms with Gasteiger partial charge in [-0.15, -0.1) is 0 Å². The van der Waals surface area contributed by atoms with Crippen LogP contribution in [0.5, 0.6) is 0 Å². The van der Waals surface area contributed by atoms with Gasteiger partial charge in [-0.25, -0.2) is 0 Å². The molecule has 1 saturated heterocycles. The molecule has 106 valence electrons. The van der Waals surface area contributed by atoms with Gasteiger partial charge in [-0.3, -0.25) is 0 Å². The van der Waals surface area contributed by atoms with E-state index in [0.717, 1.165) is 13.1 Å². The zero-order valence-corrected chi connectivity index (χ0v) is 12.8. The van der Waals surface area contributed by atoms with Crippen LogP contribution >= 0.6 is 0 Å². The Bertz CT molecular complexity index is 406. The van der Waals surface area contributed by atoms with Gasteiger partial charge in [0.15, 0.2) is 0 Å². The highest BCUT2D eigenvalue weighted by Gasteiger charge is 2.37. The highest BCUT2D eigenvalue weighted by Crippen LogP contribution is 2.36. The average Bonchev–Trinajstić information content (AvgIpc) is 2.38. The monoisotopic (exact) mass is 260 g/mol. The van der Waals surface area contributed by atoms with Crippen LogP contribution < -0.4 is 10.6 Å². The molecule has 1 aliphatic rings. The van der Waals surface area contributed by atoms with Crippen molar-refractivity contribution >= 4 is 5.69 Å². The van der Waals surface area contributed by atoms with E-state index in [4.69, 9.17) is 5.73 Å². The molecule has 1 atom stereocenters. The molecule has 0 aliphatic carbocycles. The molecule has 2 rings (SSSR count). The van der Waals surface area contributed by atoms with Crippen LogP contribution in [0.1, 0.15) is 52.0 Å². The first-order valence-electron chi connectivity index (χ1n) is 7.54. The summed E-state index contributed by atoms with van der Waals surface area (Å²) in [6.45, 7) is 11.1. The maximum absolute atomic E-state index is 5.96. The average molecular weight is 260 g/mol. The Kier molecular flexibility index (Phi) is 4.19. The van der Waals surface area contributed by atoms with Crippen molar-refractivity contribution in [1.82, 2.24) is 0 Å². The van der Waals surface area contributed by atoms with E-state index >= 15 is 0 Å². The topological polar surface area (TPSA) is 29.3 Å². The molecule has 1 heterocycles. The van der Waals surface area contributed by atoms with E-state index in [2.05, 4.69) is 56.9 Å². The summed E-state index contributed by atoms with van der Waals surface area (Å²) in [4.78, 5) is 2.54. The molecule has 2 heteroatoms. The molecule has 1 aliphatic heterocycles. The van der Waals surface area contributed by atoms with Crippen molar-refractivity contribution in [3.8, 4) is 0 Å². The van der Waals surface area contributed by atoms with E-state index in [1.54, 1.807) is 0 Å². The molecular formula is C17H28N2. The molecule has 0 radical (unpaired) electrons. The van der Waals surface area contributed by atoms with Crippen LogP contribution in [0.4, 0.5) is 5.69 Å². The van der Waals surface area contributed by atoms with Crippen molar-refractivity contribution < 1.29 is 0 Å². The molecule has 2 nitrogen and oxygen atoms in total. The van der Waals surface area contributed by atoms with Crippen molar-refractivity contribution in [2.75, 3.05) is 18.0 Å². The Morgan fingerprint density at radius 3 is 2.42 bits per heavy atom. The normalized spacial score (nSPS) is 22.8. The van der Waals surface area contributed by atoms with E-state index in [1.165, 1.54) is 24.1 Å². The highest BCUT2D eigenvalue weighted by atomic mass is 15.2. The van der Waals surface area contributed by atoms with Gasteiger partial charge >= 0.3 is 0 Å². The Morgan fingerprint density at radius 2 is 1.89 bits per heavy atom. The van der Waals surface area contributed by atoms with Gasteiger partial charge in [0.1, 0.15) is 0 Å². The molecule has 0 amide bonds. The summed E-state index contributed by atoms with van der Waals surface area (Å²) in [5.41, 5.74) is 8.87. The van der Waals surface area contributed by atoms with Crippen LogP contribution in [-0.4, -0.2) is 18.6 Å². The summed E-state index contributed by atoms with van der Waals surface area (Å²) in [5, 5.41) is 0. The van der Waals surface area contributed by atoms with Gasteiger partial charge in [-0.05, 0) is 62.8 Å². The van der Waals surface area contributed by atoms with Crippen molar-refractivity contribution in [1.29, 1.82) is 0 Å². The van der Waals surface area contributed by atoms with Crippen LogP contribution in [0.25, 0.3) is 0 Å². The number of hydrogen-bond donors (Lipinski definition) is 1. The molecule has 1 unspecified atom stereocenters. The van der Waals surface area contributed by atoms with E-state index in [0.29, 0.717) is 11.8 Å². The number of hydrogen-bond acceptors (Lipinski definition) is 2. The third kappa shape index (κ3) is 2.79. The number of nitrogens with zero attached hydrogens (tertiary/aromatic N) is 1. The van der Waals surface area contributed by atoms with Gasteiger partial charge in [0.25, 0.3) is 0 Å². The van der Waals surface area contributed by atoms with Gasteiger partial charge in [0, 0.05) is 17.8 Å². The molecule has 0 saturated carbocycles. The van der Waals surface area contributed by atoms with Crippen LogP contribution in [0, 0.1) is 5.92 Å². The summed E-state index contributed by atoms with van der Waals surface area (Å²) in [5.74, 6) is 1.19. The highest BCUT2D eigenvalue weighted by molar-refractivity contribution is 5.51. The van der Waals surface area contributed by atoms with Gasteiger partial charge in [0.05, 0.1) is 0 Å². The fourth-order valence-electron chi connectivity index (χ4n) is 3.26.